The topological polar surface area (TPSA) is 80.9 Å². The Labute approximate surface area is 175 Å². The molecule has 1 amide bonds. The molecule has 0 spiro atoms. The summed E-state index contributed by atoms with van der Waals surface area (Å²) in [6.07, 6.45) is -3.32. The predicted molar refractivity (Wildman–Crippen MR) is 107 cm³/mol. The van der Waals surface area contributed by atoms with Crippen molar-refractivity contribution in [2.45, 2.75) is 13.1 Å². The maximum absolute atomic E-state index is 12.7. The first-order valence-corrected chi connectivity index (χ1v) is 9.16. The van der Waals surface area contributed by atoms with Gasteiger partial charge in [0.25, 0.3) is 5.91 Å². The van der Waals surface area contributed by atoms with Gasteiger partial charge in [0.15, 0.2) is 0 Å². The average Bonchev–Trinajstić information content (AvgIpc) is 3.22. The molecule has 0 aliphatic heterocycles. The maximum Gasteiger partial charge on any atom is 0.416 e. The number of benzene rings is 2. The van der Waals surface area contributed by atoms with Gasteiger partial charge in [-0.05, 0) is 49.4 Å². The van der Waals surface area contributed by atoms with E-state index in [0.29, 0.717) is 22.6 Å². The summed E-state index contributed by atoms with van der Waals surface area (Å²) in [6.45, 7) is 2.01. The molecule has 1 N–H and O–H groups in total. The van der Waals surface area contributed by atoms with Crippen molar-refractivity contribution in [2.24, 2.45) is 5.10 Å². The van der Waals surface area contributed by atoms with Gasteiger partial charge in [-0.25, -0.2) is 10.2 Å². The third-order valence-electron chi connectivity index (χ3n) is 4.12. The van der Waals surface area contributed by atoms with E-state index in [1.807, 2.05) is 0 Å². The molecule has 0 radical (unpaired) electrons. The number of hydrogen-bond donors (Lipinski definition) is 1. The van der Waals surface area contributed by atoms with Crippen molar-refractivity contribution >= 4 is 18.1 Å². The van der Waals surface area contributed by atoms with E-state index in [-0.39, 0.29) is 12.2 Å². The fourth-order valence-corrected chi connectivity index (χ4v) is 2.62. The molecule has 1 aromatic heterocycles. The van der Waals surface area contributed by atoms with Gasteiger partial charge in [-0.15, -0.1) is 0 Å². The third-order valence-corrected chi connectivity index (χ3v) is 4.12. The molecule has 31 heavy (non-hydrogen) atoms. The van der Waals surface area contributed by atoms with E-state index in [9.17, 15) is 22.8 Å². The quantitative estimate of drug-likeness (QED) is 0.342. The smallest absolute Gasteiger partial charge is 0.416 e. The van der Waals surface area contributed by atoms with Gasteiger partial charge in [0.2, 0.25) is 0 Å². The minimum atomic E-state index is -4.54. The van der Waals surface area contributed by atoms with E-state index in [4.69, 9.17) is 9.15 Å². The molecule has 0 aliphatic carbocycles. The van der Waals surface area contributed by atoms with Crippen LogP contribution in [-0.4, -0.2) is 24.7 Å². The van der Waals surface area contributed by atoms with E-state index in [1.54, 1.807) is 43.3 Å². The highest BCUT2D eigenvalue weighted by Crippen LogP contribution is 2.29. The Bertz CT molecular complexity index is 1100. The van der Waals surface area contributed by atoms with Crippen LogP contribution in [0.1, 0.15) is 39.0 Å². The lowest BCUT2D eigenvalue weighted by molar-refractivity contribution is -0.137. The summed E-state index contributed by atoms with van der Waals surface area (Å²) in [6, 6.07) is 13.9. The second kappa shape index (κ2) is 9.29. The molecule has 9 heteroatoms. The zero-order chi connectivity index (χ0) is 22.4. The van der Waals surface area contributed by atoms with Crippen LogP contribution in [-0.2, 0) is 10.9 Å². The Morgan fingerprint density at radius 1 is 1.06 bits per heavy atom. The van der Waals surface area contributed by atoms with Crippen LogP contribution in [0.2, 0.25) is 0 Å². The lowest BCUT2D eigenvalue weighted by atomic mass is 10.1. The van der Waals surface area contributed by atoms with Crippen LogP contribution < -0.4 is 5.43 Å². The zero-order valence-electron chi connectivity index (χ0n) is 16.3. The number of furan rings is 1. The lowest BCUT2D eigenvalue weighted by Crippen LogP contribution is -2.18. The minimum absolute atomic E-state index is 0.172. The molecule has 0 atom stereocenters. The zero-order valence-corrected chi connectivity index (χ0v) is 16.3. The normalized spacial score (nSPS) is 11.5. The number of hydrogen-bond acceptors (Lipinski definition) is 5. The molecule has 0 bridgehead atoms. The van der Waals surface area contributed by atoms with Gasteiger partial charge in [-0.1, -0.05) is 18.2 Å². The van der Waals surface area contributed by atoms with E-state index >= 15 is 0 Å². The largest absolute Gasteiger partial charge is 0.462 e. The average molecular weight is 430 g/mol. The predicted octanol–water partition coefficient (Wildman–Crippen LogP) is 4.91. The Balaban J connectivity index is 1.63. The van der Waals surface area contributed by atoms with Crippen LogP contribution in [0, 0.1) is 0 Å². The first-order chi connectivity index (χ1) is 14.8. The first-order valence-electron chi connectivity index (χ1n) is 9.16. The molecule has 6 nitrogen and oxygen atoms in total. The van der Waals surface area contributed by atoms with E-state index in [0.717, 1.165) is 18.2 Å². The third kappa shape index (κ3) is 5.59. The maximum atomic E-state index is 12.7. The molecular weight excluding hydrogens is 413 g/mol. The van der Waals surface area contributed by atoms with Gasteiger partial charge in [0.05, 0.1) is 23.9 Å². The lowest BCUT2D eigenvalue weighted by Gasteiger charge is -2.07. The SMILES string of the molecule is CCOC(=O)c1ccc(-c2ccc(/C=N\NC(=O)c3cccc(C(F)(F)F)c3)o2)cc1. The van der Waals surface area contributed by atoms with Crippen molar-refractivity contribution < 1.29 is 31.9 Å². The summed E-state index contributed by atoms with van der Waals surface area (Å²) >= 11 is 0. The second-order valence-electron chi connectivity index (χ2n) is 6.28. The standard InChI is InChI=1S/C22H17F3N2O4/c1-2-30-21(29)15-8-6-14(7-9-15)19-11-10-18(31-19)13-26-27-20(28)16-4-3-5-17(12-16)22(23,24)25/h3-13H,2H2,1H3,(H,27,28)/b26-13-. The number of carbonyl (C=O) groups excluding carboxylic acids is 2. The van der Waals surface area contributed by atoms with Gasteiger partial charge < -0.3 is 9.15 Å². The Morgan fingerprint density at radius 2 is 1.81 bits per heavy atom. The fourth-order valence-electron chi connectivity index (χ4n) is 2.62. The van der Waals surface area contributed by atoms with Gasteiger partial charge in [-0.3, -0.25) is 4.79 Å². The number of halogens is 3. The van der Waals surface area contributed by atoms with Crippen molar-refractivity contribution in [3.63, 3.8) is 0 Å². The number of rotatable bonds is 6. The number of nitrogens with zero attached hydrogens (tertiary/aromatic N) is 1. The summed E-state index contributed by atoms with van der Waals surface area (Å²) in [4.78, 5) is 23.7. The molecule has 3 rings (SSSR count). The first kappa shape index (κ1) is 21.8. The molecule has 0 fully saturated rings. The molecule has 0 aliphatic rings. The molecular formula is C22H17F3N2O4. The minimum Gasteiger partial charge on any atom is -0.462 e. The Hall–Kier alpha value is -3.88. The van der Waals surface area contributed by atoms with E-state index < -0.39 is 23.6 Å². The number of carbonyl (C=O) groups is 2. The molecule has 0 saturated heterocycles. The number of nitrogens with one attached hydrogen (secondary N) is 1. The number of alkyl halides is 3. The molecule has 0 saturated carbocycles. The van der Waals surface area contributed by atoms with Gasteiger partial charge in [-0.2, -0.15) is 18.3 Å². The van der Waals surface area contributed by atoms with E-state index in [1.165, 1.54) is 12.3 Å². The van der Waals surface area contributed by atoms with Crippen molar-refractivity contribution in [3.8, 4) is 11.3 Å². The van der Waals surface area contributed by atoms with Crippen LogP contribution >= 0.6 is 0 Å². The van der Waals surface area contributed by atoms with Crippen LogP contribution in [0.5, 0.6) is 0 Å². The second-order valence-corrected chi connectivity index (χ2v) is 6.28. The summed E-state index contributed by atoms with van der Waals surface area (Å²) in [5.41, 5.74) is 2.19. The molecule has 1 heterocycles. The van der Waals surface area contributed by atoms with Crippen LogP contribution in [0.25, 0.3) is 11.3 Å². The highest BCUT2D eigenvalue weighted by Gasteiger charge is 2.30. The Kier molecular flexibility index (Phi) is 6.54. The van der Waals surface area contributed by atoms with Crippen molar-refractivity contribution in [3.05, 3.63) is 83.1 Å². The van der Waals surface area contributed by atoms with Gasteiger partial charge >= 0.3 is 12.1 Å². The fraction of sp³-hybridized carbons (Fsp3) is 0.136. The van der Waals surface area contributed by atoms with Gasteiger partial charge in [0.1, 0.15) is 11.5 Å². The summed E-state index contributed by atoms with van der Waals surface area (Å²) < 4.78 is 48.8. The number of hydrazone groups is 1. The number of ether oxygens (including phenoxy) is 1. The number of esters is 1. The highest BCUT2D eigenvalue weighted by molar-refractivity contribution is 5.95. The highest BCUT2D eigenvalue weighted by atomic mass is 19.4. The molecule has 0 unspecified atom stereocenters. The molecule has 3 aromatic rings. The van der Waals surface area contributed by atoms with Crippen molar-refractivity contribution in [1.82, 2.24) is 5.43 Å². The summed E-state index contributed by atoms with van der Waals surface area (Å²) in [7, 11) is 0. The van der Waals surface area contributed by atoms with Crippen LogP contribution in [0.3, 0.4) is 0 Å². The Morgan fingerprint density at radius 3 is 2.48 bits per heavy atom. The molecule has 2 aromatic carbocycles. The van der Waals surface area contributed by atoms with Crippen molar-refractivity contribution in [2.75, 3.05) is 6.61 Å². The van der Waals surface area contributed by atoms with E-state index in [2.05, 4.69) is 10.5 Å². The monoisotopic (exact) mass is 430 g/mol. The van der Waals surface area contributed by atoms with Crippen LogP contribution in [0.4, 0.5) is 13.2 Å². The van der Waals surface area contributed by atoms with Gasteiger partial charge in [0, 0.05) is 11.1 Å². The summed E-state index contributed by atoms with van der Waals surface area (Å²) in [5, 5.41) is 3.71. The molecule has 160 valence electrons. The van der Waals surface area contributed by atoms with Crippen LogP contribution in [0.15, 0.2) is 70.2 Å². The van der Waals surface area contributed by atoms with Crippen molar-refractivity contribution in [1.29, 1.82) is 0 Å². The number of amides is 1. The summed E-state index contributed by atoms with van der Waals surface area (Å²) in [5.74, 6) is -0.392.